The van der Waals surface area contributed by atoms with E-state index in [4.69, 9.17) is 9.47 Å². The van der Waals surface area contributed by atoms with Gasteiger partial charge in [0.25, 0.3) is 0 Å². The molecule has 1 atom stereocenters. The minimum Gasteiger partial charge on any atom is -0.454 e. The first kappa shape index (κ1) is 20.6. The summed E-state index contributed by atoms with van der Waals surface area (Å²) in [5.41, 5.74) is 4.90. The highest BCUT2D eigenvalue weighted by Gasteiger charge is 2.30. The molecular formula is C25H28N4O3. The Hall–Kier alpha value is -3.32. The predicted molar refractivity (Wildman–Crippen MR) is 122 cm³/mol. The summed E-state index contributed by atoms with van der Waals surface area (Å²) in [4.78, 5) is 15.4. The Morgan fingerprint density at radius 3 is 2.75 bits per heavy atom. The molecule has 7 nitrogen and oxygen atoms in total. The van der Waals surface area contributed by atoms with Gasteiger partial charge in [0, 0.05) is 23.5 Å². The third kappa shape index (κ3) is 4.08. The number of benzene rings is 2. The number of fused-ring (bicyclic) bond motifs is 1. The van der Waals surface area contributed by atoms with Crippen LogP contribution < -0.4 is 14.8 Å². The van der Waals surface area contributed by atoms with Crippen LogP contribution in [0.2, 0.25) is 0 Å². The third-order valence-corrected chi connectivity index (χ3v) is 6.16. The molecule has 0 spiro atoms. The second kappa shape index (κ2) is 8.67. The van der Waals surface area contributed by atoms with Gasteiger partial charge in [0.15, 0.2) is 11.5 Å². The minimum absolute atomic E-state index is 0.0355. The molecule has 3 heterocycles. The number of rotatable bonds is 5. The molecule has 0 aliphatic carbocycles. The number of piperidine rings is 1. The Morgan fingerprint density at radius 1 is 1.12 bits per heavy atom. The first-order chi connectivity index (χ1) is 15.6. The zero-order chi connectivity index (χ0) is 22.1. The minimum atomic E-state index is -0.169. The molecule has 1 amide bonds. The average molecular weight is 433 g/mol. The van der Waals surface area contributed by atoms with Crippen molar-refractivity contribution in [1.82, 2.24) is 14.7 Å². The summed E-state index contributed by atoms with van der Waals surface area (Å²) in [6.07, 6.45) is 2.99. The lowest BCUT2D eigenvalue weighted by Gasteiger charge is -2.34. The second-order valence-corrected chi connectivity index (χ2v) is 8.51. The molecule has 1 aromatic heterocycles. The van der Waals surface area contributed by atoms with Crippen LogP contribution in [-0.2, 0) is 11.3 Å². The Labute approximate surface area is 187 Å². The number of likely N-dealkylation sites (tertiary alicyclic amines) is 1. The van der Waals surface area contributed by atoms with Crippen molar-refractivity contribution in [2.45, 2.75) is 45.7 Å². The molecule has 32 heavy (non-hydrogen) atoms. The Balaban J connectivity index is 1.28. The van der Waals surface area contributed by atoms with Crippen LogP contribution in [0.15, 0.2) is 48.5 Å². The quantitative estimate of drug-likeness (QED) is 0.654. The number of anilines is 1. The van der Waals surface area contributed by atoms with E-state index in [2.05, 4.69) is 21.4 Å². The van der Waals surface area contributed by atoms with Crippen LogP contribution in [0, 0.1) is 13.8 Å². The molecule has 0 saturated carbocycles. The smallest absolute Gasteiger partial charge is 0.241 e. The Bertz CT molecular complexity index is 1120. The standard InChI is InChI=1S/C25H28N4O3/c1-17-14-18(2)29(27-17)21-11-9-20(10-12-21)26-25(30)22-7-3-4-13-28(22)15-19-6-5-8-23-24(19)32-16-31-23/h5-6,8-12,14,22H,3-4,7,13,15-16H2,1-2H3,(H,26,30)/t22-/m0/s1. The molecule has 2 aromatic carbocycles. The van der Waals surface area contributed by atoms with Gasteiger partial charge in [0.1, 0.15) is 0 Å². The molecule has 1 fully saturated rings. The van der Waals surface area contributed by atoms with E-state index in [1.807, 2.05) is 61.0 Å². The van der Waals surface area contributed by atoms with Crippen molar-refractivity contribution in [3.8, 4) is 17.2 Å². The summed E-state index contributed by atoms with van der Waals surface area (Å²) >= 11 is 0. The van der Waals surface area contributed by atoms with Crippen LogP contribution >= 0.6 is 0 Å². The molecule has 1 N–H and O–H groups in total. The molecule has 1 saturated heterocycles. The molecule has 2 aliphatic heterocycles. The molecular weight excluding hydrogens is 404 g/mol. The van der Waals surface area contributed by atoms with Gasteiger partial charge in [-0.25, -0.2) is 4.68 Å². The average Bonchev–Trinajstić information content (AvgIpc) is 3.41. The number of nitrogens with zero attached hydrogens (tertiary/aromatic N) is 3. The highest BCUT2D eigenvalue weighted by molar-refractivity contribution is 5.95. The van der Waals surface area contributed by atoms with Crippen molar-refractivity contribution in [2.75, 3.05) is 18.7 Å². The summed E-state index contributed by atoms with van der Waals surface area (Å²) < 4.78 is 13.1. The van der Waals surface area contributed by atoms with Gasteiger partial charge >= 0.3 is 0 Å². The highest BCUT2D eigenvalue weighted by Crippen LogP contribution is 2.36. The summed E-state index contributed by atoms with van der Waals surface area (Å²) in [6.45, 7) is 5.83. The van der Waals surface area contributed by atoms with Crippen molar-refractivity contribution in [1.29, 1.82) is 0 Å². The van der Waals surface area contributed by atoms with Gasteiger partial charge in [-0.15, -0.1) is 0 Å². The fraction of sp³-hybridized carbons (Fsp3) is 0.360. The van der Waals surface area contributed by atoms with E-state index in [1.165, 1.54) is 0 Å². The third-order valence-electron chi connectivity index (χ3n) is 6.16. The first-order valence-corrected chi connectivity index (χ1v) is 11.1. The lowest BCUT2D eigenvalue weighted by molar-refractivity contribution is -0.122. The molecule has 2 aliphatic rings. The fourth-order valence-electron chi connectivity index (χ4n) is 4.61. The molecule has 0 unspecified atom stereocenters. The topological polar surface area (TPSA) is 68.6 Å². The normalized spacial score (nSPS) is 18.0. The van der Waals surface area contributed by atoms with E-state index in [9.17, 15) is 4.79 Å². The van der Waals surface area contributed by atoms with Gasteiger partial charge in [0.05, 0.1) is 17.4 Å². The van der Waals surface area contributed by atoms with Gasteiger partial charge in [-0.1, -0.05) is 18.6 Å². The maximum absolute atomic E-state index is 13.2. The highest BCUT2D eigenvalue weighted by atomic mass is 16.7. The SMILES string of the molecule is Cc1cc(C)n(-c2ccc(NC(=O)[C@@H]3CCCCN3Cc3cccc4c3OCO4)cc2)n1. The number of aromatic nitrogens is 2. The number of hydrogen-bond acceptors (Lipinski definition) is 5. The van der Waals surface area contributed by atoms with Crippen molar-refractivity contribution < 1.29 is 14.3 Å². The van der Waals surface area contributed by atoms with Gasteiger partial charge < -0.3 is 14.8 Å². The molecule has 5 rings (SSSR count). The van der Waals surface area contributed by atoms with Crippen molar-refractivity contribution in [3.63, 3.8) is 0 Å². The second-order valence-electron chi connectivity index (χ2n) is 8.51. The maximum Gasteiger partial charge on any atom is 0.241 e. The maximum atomic E-state index is 13.2. The number of amides is 1. The molecule has 3 aromatic rings. The van der Waals surface area contributed by atoms with E-state index in [-0.39, 0.29) is 18.7 Å². The van der Waals surface area contributed by atoms with E-state index in [1.54, 1.807) is 0 Å². The lowest BCUT2D eigenvalue weighted by Crippen LogP contribution is -2.46. The number of hydrogen-bond donors (Lipinski definition) is 1. The monoisotopic (exact) mass is 432 g/mol. The van der Waals surface area contributed by atoms with Crippen LogP contribution in [0.4, 0.5) is 5.69 Å². The zero-order valence-electron chi connectivity index (χ0n) is 18.5. The van der Waals surface area contributed by atoms with Crippen molar-refractivity contribution >= 4 is 11.6 Å². The first-order valence-electron chi connectivity index (χ1n) is 11.1. The van der Waals surface area contributed by atoms with Gasteiger partial charge in [-0.3, -0.25) is 9.69 Å². The largest absolute Gasteiger partial charge is 0.454 e. The number of para-hydroxylation sites is 1. The van der Waals surface area contributed by atoms with Crippen molar-refractivity contribution in [3.05, 3.63) is 65.5 Å². The van der Waals surface area contributed by atoms with Crippen LogP contribution in [-0.4, -0.2) is 40.0 Å². The van der Waals surface area contributed by atoms with Crippen LogP contribution in [0.5, 0.6) is 11.5 Å². The summed E-state index contributed by atoms with van der Waals surface area (Å²) in [5.74, 6) is 1.62. The van der Waals surface area contributed by atoms with Crippen LogP contribution in [0.3, 0.4) is 0 Å². The number of carbonyl (C=O) groups excluding carboxylic acids is 1. The van der Waals surface area contributed by atoms with Crippen molar-refractivity contribution in [2.24, 2.45) is 0 Å². The molecule has 166 valence electrons. The lowest BCUT2D eigenvalue weighted by atomic mass is 10.00. The van der Waals surface area contributed by atoms with Gasteiger partial charge in [-0.2, -0.15) is 5.10 Å². The summed E-state index contributed by atoms with van der Waals surface area (Å²) in [6, 6.07) is 15.7. The summed E-state index contributed by atoms with van der Waals surface area (Å²) in [5, 5.41) is 7.63. The van der Waals surface area contributed by atoms with E-state index in [0.29, 0.717) is 6.54 Å². The zero-order valence-corrected chi connectivity index (χ0v) is 18.5. The fourth-order valence-corrected chi connectivity index (χ4v) is 4.61. The Kier molecular flexibility index (Phi) is 5.57. The molecule has 0 bridgehead atoms. The number of carbonyl (C=O) groups is 1. The number of nitrogens with one attached hydrogen (secondary N) is 1. The molecule has 0 radical (unpaired) electrons. The van der Waals surface area contributed by atoms with Gasteiger partial charge in [-0.05, 0) is 69.6 Å². The van der Waals surface area contributed by atoms with E-state index >= 15 is 0 Å². The van der Waals surface area contributed by atoms with Gasteiger partial charge in [0.2, 0.25) is 12.7 Å². The van der Waals surface area contributed by atoms with E-state index in [0.717, 1.165) is 65.6 Å². The van der Waals surface area contributed by atoms with E-state index < -0.39 is 0 Å². The van der Waals surface area contributed by atoms with Crippen LogP contribution in [0.25, 0.3) is 5.69 Å². The Morgan fingerprint density at radius 2 is 1.97 bits per heavy atom. The summed E-state index contributed by atoms with van der Waals surface area (Å²) in [7, 11) is 0. The number of ether oxygens (including phenoxy) is 2. The molecule has 7 heteroatoms. The van der Waals surface area contributed by atoms with Crippen LogP contribution in [0.1, 0.15) is 36.2 Å². The predicted octanol–water partition coefficient (Wildman–Crippen LogP) is 4.21. The number of aryl methyl sites for hydroxylation is 2.